The van der Waals surface area contributed by atoms with Gasteiger partial charge < -0.3 is 20.7 Å². The zero-order valence-corrected chi connectivity index (χ0v) is 14.2. The quantitative estimate of drug-likeness (QED) is 0.609. The van der Waals surface area contributed by atoms with Gasteiger partial charge in [0.2, 0.25) is 0 Å². The van der Waals surface area contributed by atoms with Crippen molar-refractivity contribution >= 4 is 17.5 Å². The molecule has 0 atom stereocenters. The Hall–Kier alpha value is -2.70. The minimum atomic E-state index is -0.248. The third-order valence-electron chi connectivity index (χ3n) is 3.53. The smallest absolute Gasteiger partial charge is 0.255 e. The van der Waals surface area contributed by atoms with E-state index in [0.717, 1.165) is 6.54 Å². The number of hydrogen-bond acceptors (Lipinski definition) is 4. The van der Waals surface area contributed by atoms with Crippen LogP contribution in [-0.4, -0.2) is 45.2 Å². The number of carbonyl (C=O) groups excluding carboxylic acids is 2. The standard InChI is InChI=1S/C19H23N3O3/c1-25-14-13-20-11-12-21-19(24)16-9-5-6-10-17(16)22-18(23)15-7-3-2-4-8-15/h2-10,20H,11-14H2,1H3,(H,21,24)(H,22,23). The van der Waals surface area contributed by atoms with E-state index >= 15 is 0 Å². The lowest BCUT2D eigenvalue weighted by Crippen LogP contribution is -2.33. The lowest BCUT2D eigenvalue weighted by atomic mass is 10.1. The lowest BCUT2D eigenvalue weighted by Gasteiger charge is -2.12. The van der Waals surface area contributed by atoms with Gasteiger partial charge in [0, 0.05) is 32.3 Å². The topological polar surface area (TPSA) is 79.5 Å². The first kappa shape index (κ1) is 18.6. The predicted molar refractivity (Wildman–Crippen MR) is 97.9 cm³/mol. The molecule has 0 saturated carbocycles. The monoisotopic (exact) mass is 341 g/mol. The molecule has 2 amide bonds. The van der Waals surface area contributed by atoms with Crippen LogP contribution in [0.5, 0.6) is 0 Å². The molecule has 0 aromatic heterocycles. The van der Waals surface area contributed by atoms with Crippen molar-refractivity contribution in [2.45, 2.75) is 0 Å². The van der Waals surface area contributed by atoms with Crippen LogP contribution in [0.3, 0.4) is 0 Å². The molecule has 2 rings (SSSR count). The molecule has 0 spiro atoms. The van der Waals surface area contributed by atoms with E-state index in [1.54, 1.807) is 55.6 Å². The van der Waals surface area contributed by atoms with Crippen LogP contribution in [0.2, 0.25) is 0 Å². The van der Waals surface area contributed by atoms with E-state index in [1.807, 2.05) is 6.07 Å². The zero-order valence-electron chi connectivity index (χ0n) is 14.2. The molecule has 0 radical (unpaired) electrons. The second kappa shape index (κ2) is 10.2. The van der Waals surface area contributed by atoms with Gasteiger partial charge in [0.1, 0.15) is 0 Å². The SMILES string of the molecule is COCCNCCNC(=O)c1ccccc1NC(=O)c1ccccc1. The summed E-state index contributed by atoms with van der Waals surface area (Å²) in [5.74, 6) is -0.473. The van der Waals surface area contributed by atoms with Gasteiger partial charge in [-0.25, -0.2) is 0 Å². The fraction of sp³-hybridized carbons (Fsp3) is 0.263. The molecule has 25 heavy (non-hydrogen) atoms. The normalized spacial score (nSPS) is 10.3. The van der Waals surface area contributed by atoms with Gasteiger partial charge in [0.15, 0.2) is 0 Å². The maximum atomic E-state index is 12.4. The fourth-order valence-electron chi connectivity index (χ4n) is 2.23. The Morgan fingerprint density at radius 1 is 0.880 bits per heavy atom. The summed E-state index contributed by atoms with van der Waals surface area (Å²) in [5, 5.41) is 8.78. The van der Waals surface area contributed by atoms with E-state index in [-0.39, 0.29) is 11.8 Å². The molecule has 132 valence electrons. The fourth-order valence-corrected chi connectivity index (χ4v) is 2.23. The molecular formula is C19H23N3O3. The molecule has 6 heteroatoms. The van der Waals surface area contributed by atoms with Crippen molar-refractivity contribution in [3.05, 3.63) is 65.7 Å². The second-order valence-corrected chi connectivity index (χ2v) is 5.36. The van der Waals surface area contributed by atoms with Crippen LogP contribution in [-0.2, 0) is 4.74 Å². The average molecular weight is 341 g/mol. The molecule has 0 aliphatic heterocycles. The van der Waals surface area contributed by atoms with Gasteiger partial charge in [0.05, 0.1) is 17.9 Å². The number of para-hydroxylation sites is 1. The molecule has 0 aliphatic carbocycles. The van der Waals surface area contributed by atoms with Crippen LogP contribution in [0.15, 0.2) is 54.6 Å². The summed E-state index contributed by atoms with van der Waals surface area (Å²) < 4.78 is 4.94. The van der Waals surface area contributed by atoms with Crippen LogP contribution >= 0.6 is 0 Å². The number of rotatable bonds is 9. The van der Waals surface area contributed by atoms with Gasteiger partial charge in [0.25, 0.3) is 11.8 Å². The number of hydrogen-bond donors (Lipinski definition) is 3. The highest BCUT2D eigenvalue weighted by molar-refractivity contribution is 6.08. The van der Waals surface area contributed by atoms with E-state index in [1.165, 1.54) is 0 Å². The molecular weight excluding hydrogens is 318 g/mol. The van der Waals surface area contributed by atoms with Crippen LogP contribution in [0.25, 0.3) is 0 Å². The minimum Gasteiger partial charge on any atom is -0.383 e. The van der Waals surface area contributed by atoms with Crippen molar-refractivity contribution in [1.29, 1.82) is 0 Å². The lowest BCUT2D eigenvalue weighted by molar-refractivity contribution is 0.0954. The zero-order chi connectivity index (χ0) is 17.9. The number of carbonyl (C=O) groups is 2. The first-order chi connectivity index (χ1) is 12.2. The van der Waals surface area contributed by atoms with Crippen LogP contribution in [0.1, 0.15) is 20.7 Å². The maximum Gasteiger partial charge on any atom is 0.255 e. The number of methoxy groups -OCH3 is 1. The molecule has 0 bridgehead atoms. The van der Waals surface area contributed by atoms with E-state index in [9.17, 15) is 9.59 Å². The van der Waals surface area contributed by atoms with Gasteiger partial charge in [-0.15, -0.1) is 0 Å². The van der Waals surface area contributed by atoms with Crippen molar-refractivity contribution in [3.8, 4) is 0 Å². The maximum absolute atomic E-state index is 12.4. The minimum absolute atomic E-state index is 0.225. The van der Waals surface area contributed by atoms with Crippen molar-refractivity contribution in [2.75, 3.05) is 38.7 Å². The Bertz CT molecular complexity index is 689. The van der Waals surface area contributed by atoms with Crippen molar-refractivity contribution in [1.82, 2.24) is 10.6 Å². The highest BCUT2D eigenvalue weighted by Gasteiger charge is 2.13. The number of nitrogens with one attached hydrogen (secondary N) is 3. The summed E-state index contributed by atoms with van der Waals surface area (Å²) in [6.45, 7) is 2.50. The van der Waals surface area contributed by atoms with Crippen molar-refractivity contribution in [2.24, 2.45) is 0 Å². The van der Waals surface area contributed by atoms with Crippen molar-refractivity contribution < 1.29 is 14.3 Å². The average Bonchev–Trinajstić information content (AvgIpc) is 2.65. The highest BCUT2D eigenvalue weighted by atomic mass is 16.5. The Morgan fingerprint density at radius 2 is 1.60 bits per heavy atom. The summed E-state index contributed by atoms with van der Waals surface area (Å²) in [6.07, 6.45) is 0. The summed E-state index contributed by atoms with van der Waals surface area (Å²) in [7, 11) is 1.64. The molecule has 3 N–H and O–H groups in total. The van der Waals surface area contributed by atoms with Gasteiger partial charge >= 0.3 is 0 Å². The molecule has 0 saturated heterocycles. The third-order valence-corrected chi connectivity index (χ3v) is 3.53. The summed E-state index contributed by atoms with van der Waals surface area (Å²) in [6, 6.07) is 15.8. The number of anilines is 1. The first-order valence-corrected chi connectivity index (χ1v) is 8.15. The Labute approximate surface area is 147 Å². The van der Waals surface area contributed by atoms with E-state index in [4.69, 9.17) is 4.74 Å². The van der Waals surface area contributed by atoms with Crippen LogP contribution in [0, 0.1) is 0 Å². The summed E-state index contributed by atoms with van der Waals surface area (Å²) in [4.78, 5) is 24.6. The van der Waals surface area contributed by atoms with Crippen LogP contribution in [0.4, 0.5) is 5.69 Å². The summed E-state index contributed by atoms with van der Waals surface area (Å²) >= 11 is 0. The van der Waals surface area contributed by atoms with E-state index < -0.39 is 0 Å². The van der Waals surface area contributed by atoms with Crippen LogP contribution < -0.4 is 16.0 Å². The van der Waals surface area contributed by atoms with Gasteiger partial charge in [-0.3, -0.25) is 9.59 Å². The first-order valence-electron chi connectivity index (χ1n) is 8.15. The third kappa shape index (κ3) is 6.02. The summed E-state index contributed by atoms with van der Waals surface area (Å²) in [5.41, 5.74) is 1.46. The molecule has 0 heterocycles. The molecule has 0 unspecified atom stereocenters. The number of amides is 2. The molecule has 2 aromatic carbocycles. The second-order valence-electron chi connectivity index (χ2n) is 5.36. The van der Waals surface area contributed by atoms with E-state index in [0.29, 0.717) is 36.5 Å². The predicted octanol–water partition coefficient (Wildman–Crippen LogP) is 1.90. The van der Waals surface area contributed by atoms with E-state index in [2.05, 4.69) is 16.0 Å². The molecule has 0 aliphatic rings. The molecule has 0 fully saturated rings. The Balaban J connectivity index is 1.93. The largest absolute Gasteiger partial charge is 0.383 e. The molecule has 2 aromatic rings. The Kier molecular flexibility index (Phi) is 7.62. The molecule has 6 nitrogen and oxygen atoms in total. The van der Waals surface area contributed by atoms with Crippen molar-refractivity contribution in [3.63, 3.8) is 0 Å². The number of benzene rings is 2. The van der Waals surface area contributed by atoms with Gasteiger partial charge in [-0.05, 0) is 24.3 Å². The highest BCUT2D eigenvalue weighted by Crippen LogP contribution is 2.16. The van der Waals surface area contributed by atoms with Gasteiger partial charge in [-0.1, -0.05) is 30.3 Å². The number of ether oxygens (including phenoxy) is 1. The van der Waals surface area contributed by atoms with Gasteiger partial charge in [-0.2, -0.15) is 0 Å². The Morgan fingerprint density at radius 3 is 2.36 bits per heavy atom.